The number of piperidine rings is 1. The van der Waals surface area contributed by atoms with Crippen LogP contribution in [0.15, 0.2) is 59.3 Å². The van der Waals surface area contributed by atoms with Crippen molar-refractivity contribution in [3.05, 3.63) is 70.4 Å². The molecule has 0 bridgehead atoms. The van der Waals surface area contributed by atoms with Crippen LogP contribution in [0.4, 0.5) is 0 Å². The second kappa shape index (κ2) is 11.0. The Kier molecular flexibility index (Phi) is 8.43. The van der Waals surface area contributed by atoms with E-state index in [1.165, 1.54) is 13.2 Å². The number of carbonyl (C=O) groups is 2. The summed E-state index contributed by atoms with van der Waals surface area (Å²) in [6.45, 7) is 2.93. The molecule has 2 atom stereocenters. The number of hydrogen-bond donors (Lipinski definition) is 1. The minimum absolute atomic E-state index is 0.0108. The van der Waals surface area contributed by atoms with Gasteiger partial charge in [-0.15, -0.1) is 0 Å². The number of carboxylic acid groups (broad SMARTS) is 1. The number of carboxylic acids is 1. The van der Waals surface area contributed by atoms with Gasteiger partial charge in [-0.3, -0.25) is 4.90 Å². The molecule has 1 aromatic heterocycles. The Morgan fingerprint density at radius 1 is 1.32 bits per heavy atom. The van der Waals surface area contributed by atoms with E-state index in [4.69, 9.17) is 16.3 Å². The van der Waals surface area contributed by atoms with Gasteiger partial charge in [-0.1, -0.05) is 46.7 Å². The Bertz CT molecular complexity index is 985. The van der Waals surface area contributed by atoms with Crippen molar-refractivity contribution < 1.29 is 19.4 Å². The third-order valence-electron chi connectivity index (χ3n) is 4.98. The Hall–Kier alpha value is -2.00. The molecular formula is C22H23ClN2O4S2. The Labute approximate surface area is 194 Å². The van der Waals surface area contributed by atoms with E-state index in [1.54, 1.807) is 46.0 Å². The van der Waals surface area contributed by atoms with Gasteiger partial charge in [-0.2, -0.15) is 0 Å². The van der Waals surface area contributed by atoms with Crippen LogP contribution in [0.3, 0.4) is 0 Å². The topological polar surface area (TPSA) is 79.7 Å². The van der Waals surface area contributed by atoms with Gasteiger partial charge in [-0.25, -0.2) is 14.6 Å². The van der Waals surface area contributed by atoms with Crippen molar-refractivity contribution >= 4 is 45.1 Å². The smallest absolute Gasteiger partial charge is 0.328 e. The van der Waals surface area contributed by atoms with Crippen molar-refractivity contribution in [1.82, 2.24) is 9.88 Å². The predicted octanol–water partition coefficient (Wildman–Crippen LogP) is 4.78. The number of benzene rings is 1. The van der Waals surface area contributed by atoms with Crippen LogP contribution in [-0.4, -0.2) is 52.4 Å². The van der Waals surface area contributed by atoms with Crippen LogP contribution in [0.2, 0.25) is 5.02 Å². The molecule has 9 heteroatoms. The lowest BCUT2D eigenvalue weighted by Gasteiger charge is -2.37. The van der Waals surface area contributed by atoms with Gasteiger partial charge in [0.15, 0.2) is 0 Å². The summed E-state index contributed by atoms with van der Waals surface area (Å²) in [6.07, 6.45) is 3.67. The SMILES string of the molecule is COC(=O)[C@H](c1ccccc1Cl)N1CCC(SSc2ncccc2C)/C(=C\C(=O)O)C1. The molecule has 1 saturated heterocycles. The number of rotatable bonds is 7. The molecule has 2 aromatic rings. The first-order valence-corrected chi connectivity index (χ1v) is 12.2. The summed E-state index contributed by atoms with van der Waals surface area (Å²) in [5.41, 5.74) is 2.46. The second-order valence-corrected chi connectivity index (χ2v) is 9.86. The first-order chi connectivity index (χ1) is 14.9. The van der Waals surface area contributed by atoms with Crippen molar-refractivity contribution in [2.75, 3.05) is 20.2 Å². The molecule has 0 aliphatic carbocycles. The number of likely N-dealkylation sites (tertiary alicyclic amines) is 1. The van der Waals surface area contributed by atoms with E-state index in [0.29, 0.717) is 30.1 Å². The normalized spacial score (nSPS) is 19.2. The quantitative estimate of drug-likeness (QED) is 0.346. The zero-order chi connectivity index (χ0) is 22.4. The van der Waals surface area contributed by atoms with Crippen molar-refractivity contribution in [3.8, 4) is 0 Å². The molecular weight excluding hydrogens is 456 g/mol. The number of nitrogens with zero attached hydrogens (tertiary/aromatic N) is 2. The number of halogens is 1. The largest absolute Gasteiger partial charge is 0.478 e. The maximum Gasteiger partial charge on any atom is 0.328 e. The molecule has 31 heavy (non-hydrogen) atoms. The second-order valence-electron chi connectivity index (χ2n) is 7.06. The molecule has 1 aromatic carbocycles. The molecule has 0 spiro atoms. The molecule has 3 rings (SSSR count). The van der Waals surface area contributed by atoms with Crippen LogP contribution in [0.25, 0.3) is 0 Å². The third-order valence-corrected chi connectivity index (χ3v) is 8.24. The fourth-order valence-corrected chi connectivity index (χ4v) is 6.48. The molecule has 164 valence electrons. The molecule has 2 heterocycles. The van der Waals surface area contributed by atoms with Crippen LogP contribution in [0.1, 0.15) is 23.6 Å². The molecule has 1 aliphatic rings. The van der Waals surface area contributed by atoms with Crippen molar-refractivity contribution in [2.45, 2.75) is 29.7 Å². The standard InChI is InChI=1S/C22H23ClN2O4S2/c1-14-6-5-10-24-21(14)31-30-18-9-11-25(13-15(18)12-19(26)27)20(22(28)29-2)16-7-3-4-8-17(16)23/h3-8,10,12,18,20H,9,11,13H2,1-2H3,(H,26,27)/b15-12-/t18?,20-/m0/s1. The highest BCUT2D eigenvalue weighted by Gasteiger charge is 2.35. The minimum Gasteiger partial charge on any atom is -0.478 e. The lowest BCUT2D eigenvalue weighted by molar-refractivity contribution is -0.147. The monoisotopic (exact) mass is 478 g/mol. The number of methoxy groups -OCH3 is 1. The highest BCUT2D eigenvalue weighted by Crippen LogP contribution is 2.42. The van der Waals surface area contributed by atoms with E-state index in [-0.39, 0.29) is 5.25 Å². The number of hydrogen-bond acceptors (Lipinski definition) is 7. The number of ether oxygens (including phenoxy) is 1. The fourth-order valence-electron chi connectivity index (χ4n) is 3.45. The number of esters is 1. The molecule has 6 nitrogen and oxygen atoms in total. The van der Waals surface area contributed by atoms with Crippen LogP contribution < -0.4 is 0 Å². The van der Waals surface area contributed by atoms with Gasteiger partial charge in [0.2, 0.25) is 0 Å². The van der Waals surface area contributed by atoms with E-state index in [0.717, 1.165) is 16.2 Å². The van der Waals surface area contributed by atoms with Gasteiger partial charge in [-0.05, 0) is 53.0 Å². The van der Waals surface area contributed by atoms with Crippen molar-refractivity contribution in [2.24, 2.45) is 0 Å². The van der Waals surface area contributed by atoms with E-state index in [2.05, 4.69) is 4.98 Å². The summed E-state index contributed by atoms with van der Waals surface area (Å²) in [4.78, 5) is 30.5. The van der Waals surface area contributed by atoms with Crippen LogP contribution in [-0.2, 0) is 14.3 Å². The Morgan fingerprint density at radius 3 is 2.77 bits per heavy atom. The number of aromatic nitrogens is 1. The van der Waals surface area contributed by atoms with Gasteiger partial charge in [0.1, 0.15) is 11.1 Å². The predicted molar refractivity (Wildman–Crippen MR) is 124 cm³/mol. The zero-order valence-electron chi connectivity index (χ0n) is 17.2. The van der Waals surface area contributed by atoms with Crippen molar-refractivity contribution in [3.63, 3.8) is 0 Å². The molecule has 0 radical (unpaired) electrons. The molecule has 1 fully saturated rings. The fraction of sp³-hybridized carbons (Fsp3) is 0.318. The molecule has 1 aliphatic heterocycles. The minimum atomic E-state index is -1.01. The lowest BCUT2D eigenvalue weighted by atomic mass is 9.98. The number of aliphatic carboxylic acids is 1. The first kappa shape index (κ1) is 23.7. The first-order valence-electron chi connectivity index (χ1n) is 9.65. The summed E-state index contributed by atoms with van der Waals surface area (Å²) in [5.74, 6) is -1.43. The maximum absolute atomic E-state index is 12.6. The van der Waals surface area contributed by atoms with E-state index >= 15 is 0 Å². The van der Waals surface area contributed by atoms with E-state index in [1.807, 2.05) is 30.0 Å². The summed E-state index contributed by atoms with van der Waals surface area (Å²) in [5, 5.41) is 10.8. The Morgan fingerprint density at radius 2 is 2.10 bits per heavy atom. The summed E-state index contributed by atoms with van der Waals surface area (Å²) in [6, 6.07) is 10.3. The zero-order valence-corrected chi connectivity index (χ0v) is 19.5. The summed E-state index contributed by atoms with van der Waals surface area (Å²) >= 11 is 6.36. The van der Waals surface area contributed by atoms with Gasteiger partial charge >= 0.3 is 11.9 Å². The van der Waals surface area contributed by atoms with Gasteiger partial charge in [0.05, 0.1) is 7.11 Å². The number of pyridine rings is 1. The molecule has 1 unspecified atom stereocenters. The van der Waals surface area contributed by atoms with Gasteiger partial charge in [0, 0.05) is 35.6 Å². The van der Waals surface area contributed by atoms with E-state index < -0.39 is 18.0 Å². The van der Waals surface area contributed by atoms with E-state index in [9.17, 15) is 14.7 Å². The Balaban J connectivity index is 1.82. The van der Waals surface area contributed by atoms with Crippen LogP contribution >= 0.6 is 33.2 Å². The van der Waals surface area contributed by atoms with Crippen molar-refractivity contribution in [1.29, 1.82) is 0 Å². The van der Waals surface area contributed by atoms with Crippen LogP contribution in [0, 0.1) is 6.92 Å². The molecule has 0 saturated carbocycles. The van der Waals surface area contributed by atoms with Gasteiger partial charge < -0.3 is 9.84 Å². The highest BCUT2D eigenvalue weighted by atomic mass is 35.5. The number of aryl methyl sites for hydroxylation is 1. The average molecular weight is 479 g/mol. The highest BCUT2D eigenvalue weighted by molar-refractivity contribution is 8.77. The lowest BCUT2D eigenvalue weighted by Crippen LogP contribution is -2.42. The third kappa shape index (κ3) is 6.04. The number of carbonyl (C=O) groups excluding carboxylic acids is 1. The maximum atomic E-state index is 12.6. The summed E-state index contributed by atoms with van der Waals surface area (Å²) < 4.78 is 5.04. The summed E-state index contributed by atoms with van der Waals surface area (Å²) in [7, 11) is 4.48. The molecule has 0 amide bonds. The van der Waals surface area contributed by atoms with Crippen LogP contribution in [0.5, 0.6) is 0 Å². The average Bonchev–Trinajstić information content (AvgIpc) is 2.75. The molecule has 1 N–H and O–H groups in total. The van der Waals surface area contributed by atoms with Gasteiger partial charge in [0.25, 0.3) is 0 Å².